The minimum Gasteiger partial charge on any atom is -0.383 e. The average molecular weight is 290 g/mol. The first-order valence-electron chi connectivity index (χ1n) is 7.81. The maximum absolute atomic E-state index is 12.7. The second-order valence-electron chi connectivity index (χ2n) is 5.72. The molecule has 0 spiro atoms. The lowest BCUT2D eigenvalue weighted by Gasteiger charge is -2.30. The molecule has 1 aliphatic heterocycles. The summed E-state index contributed by atoms with van der Waals surface area (Å²) in [5.41, 5.74) is 1.13. The summed E-state index contributed by atoms with van der Waals surface area (Å²) in [6, 6.07) is 10.2. The van der Waals surface area contributed by atoms with E-state index in [9.17, 15) is 4.79 Å². The summed E-state index contributed by atoms with van der Waals surface area (Å²) in [4.78, 5) is 14.7. The van der Waals surface area contributed by atoms with Crippen LogP contribution in [0.3, 0.4) is 0 Å². The molecule has 1 aliphatic rings. The van der Waals surface area contributed by atoms with Crippen molar-refractivity contribution >= 4 is 5.91 Å². The summed E-state index contributed by atoms with van der Waals surface area (Å²) in [6.45, 7) is 4.75. The van der Waals surface area contributed by atoms with Crippen LogP contribution >= 0.6 is 0 Å². The maximum Gasteiger partial charge on any atom is 0.241 e. The molecule has 116 valence electrons. The fourth-order valence-corrected chi connectivity index (χ4v) is 2.95. The molecule has 4 nitrogen and oxygen atoms in total. The number of hydrogen-bond donors (Lipinski definition) is 1. The largest absolute Gasteiger partial charge is 0.383 e. The fraction of sp³-hybridized carbons (Fsp3) is 0.588. The van der Waals surface area contributed by atoms with Crippen molar-refractivity contribution in [2.45, 2.75) is 51.4 Å². The highest BCUT2D eigenvalue weighted by molar-refractivity contribution is 5.84. The molecule has 1 aromatic rings. The first kappa shape index (κ1) is 16.0. The molecule has 1 saturated heterocycles. The number of unbranched alkanes of at least 4 members (excludes halogenated alkanes) is 1. The van der Waals surface area contributed by atoms with Gasteiger partial charge >= 0.3 is 0 Å². The fourth-order valence-electron chi connectivity index (χ4n) is 2.95. The molecule has 0 bridgehead atoms. The van der Waals surface area contributed by atoms with E-state index < -0.39 is 0 Å². The lowest BCUT2D eigenvalue weighted by molar-refractivity contribution is -0.133. The monoisotopic (exact) mass is 290 g/mol. The van der Waals surface area contributed by atoms with Gasteiger partial charge in [-0.25, -0.2) is 0 Å². The van der Waals surface area contributed by atoms with Crippen LogP contribution in [0, 0.1) is 0 Å². The number of ether oxygens (including phenoxy) is 1. The molecule has 2 rings (SSSR count). The average Bonchev–Trinajstić information content (AvgIpc) is 2.83. The van der Waals surface area contributed by atoms with Gasteiger partial charge in [-0.2, -0.15) is 0 Å². The van der Waals surface area contributed by atoms with E-state index in [1.165, 1.54) is 0 Å². The topological polar surface area (TPSA) is 41.6 Å². The summed E-state index contributed by atoms with van der Waals surface area (Å²) in [6.07, 6.45) is 3.02. The summed E-state index contributed by atoms with van der Waals surface area (Å²) >= 11 is 0. The Labute approximate surface area is 127 Å². The molecule has 0 radical (unpaired) electrons. The highest BCUT2D eigenvalue weighted by Gasteiger charge is 2.41. The zero-order valence-corrected chi connectivity index (χ0v) is 13.2. The number of rotatable bonds is 7. The first-order chi connectivity index (χ1) is 10.2. The minimum atomic E-state index is -0.0746. The van der Waals surface area contributed by atoms with Crippen molar-refractivity contribution in [3.63, 3.8) is 0 Å². The molecule has 3 atom stereocenters. The second-order valence-corrected chi connectivity index (χ2v) is 5.72. The van der Waals surface area contributed by atoms with Crippen molar-refractivity contribution in [1.82, 2.24) is 10.2 Å². The Hall–Kier alpha value is -1.39. The molecule has 1 heterocycles. The molecule has 1 aromatic carbocycles. The van der Waals surface area contributed by atoms with Gasteiger partial charge in [0.05, 0.1) is 18.7 Å². The van der Waals surface area contributed by atoms with Crippen LogP contribution < -0.4 is 5.32 Å². The number of carbonyl (C=O) groups excluding carboxylic acids is 1. The third-order valence-corrected chi connectivity index (χ3v) is 4.03. The Morgan fingerprint density at radius 1 is 1.33 bits per heavy atom. The molecule has 1 N–H and O–H groups in total. The highest BCUT2D eigenvalue weighted by Crippen LogP contribution is 2.29. The van der Waals surface area contributed by atoms with Crippen molar-refractivity contribution < 1.29 is 9.53 Å². The van der Waals surface area contributed by atoms with Crippen LogP contribution in [0.5, 0.6) is 0 Å². The van der Waals surface area contributed by atoms with Crippen LogP contribution in [0.25, 0.3) is 0 Å². The number of hydrogen-bond acceptors (Lipinski definition) is 3. The molecule has 0 aromatic heterocycles. The lowest BCUT2D eigenvalue weighted by atomic mass is 10.1. The summed E-state index contributed by atoms with van der Waals surface area (Å²) in [7, 11) is 1.68. The molecular formula is C17H26N2O2. The molecule has 0 aliphatic carbocycles. The van der Waals surface area contributed by atoms with E-state index in [0.717, 1.165) is 24.8 Å². The van der Waals surface area contributed by atoms with Crippen molar-refractivity contribution in [1.29, 1.82) is 0 Å². The van der Waals surface area contributed by atoms with Gasteiger partial charge < -0.3 is 9.64 Å². The predicted molar refractivity (Wildman–Crippen MR) is 83.8 cm³/mol. The Balaban J connectivity index is 2.21. The molecular weight excluding hydrogens is 264 g/mol. The Morgan fingerprint density at radius 3 is 2.67 bits per heavy atom. The van der Waals surface area contributed by atoms with Crippen molar-refractivity contribution in [3.8, 4) is 0 Å². The molecule has 4 heteroatoms. The van der Waals surface area contributed by atoms with Crippen molar-refractivity contribution in [2.75, 3.05) is 13.7 Å². The maximum atomic E-state index is 12.7. The molecule has 0 saturated carbocycles. The zero-order chi connectivity index (χ0) is 15.2. The summed E-state index contributed by atoms with van der Waals surface area (Å²) in [5.74, 6) is 0.196. The second kappa shape index (κ2) is 7.57. The number of nitrogens with zero attached hydrogens (tertiary/aromatic N) is 1. The molecule has 21 heavy (non-hydrogen) atoms. The van der Waals surface area contributed by atoms with E-state index in [1.54, 1.807) is 7.11 Å². The Bertz CT molecular complexity index is 449. The van der Waals surface area contributed by atoms with Crippen LogP contribution in [0.1, 0.15) is 44.8 Å². The van der Waals surface area contributed by atoms with Gasteiger partial charge in [-0.3, -0.25) is 10.1 Å². The summed E-state index contributed by atoms with van der Waals surface area (Å²) < 4.78 is 5.24. The van der Waals surface area contributed by atoms with Gasteiger partial charge in [0.25, 0.3) is 0 Å². The normalized spacial score (nSPS) is 23.6. The van der Waals surface area contributed by atoms with Crippen molar-refractivity contribution in [3.05, 3.63) is 35.9 Å². The number of carbonyl (C=O) groups is 1. The lowest BCUT2D eigenvalue weighted by Crippen LogP contribution is -2.40. The third kappa shape index (κ3) is 3.63. The van der Waals surface area contributed by atoms with Gasteiger partial charge in [0, 0.05) is 7.11 Å². The SMILES string of the molecule is CCCCC1NC(c2ccccc2)N(C(C)COC)C1=O. The van der Waals surface area contributed by atoms with E-state index in [0.29, 0.717) is 6.61 Å². The van der Waals surface area contributed by atoms with E-state index in [-0.39, 0.29) is 24.2 Å². The van der Waals surface area contributed by atoms with Crippen LogP contribution in [0.15, 0.2) is 30.3 Å². The number of nitrogens with one attached hydrogen (secondary N) is 1. The number of methoxy groups -OCH3 is 1. The van der Waals surface area contributed by atoms with Crippen LogP contribution in [0.4, 0.5) is 0 Å². The van der Waals surface area contributed by atoms with Gasteiger partial charge in [0.1, 0.15) is 6.17 Å². The first-order valence-corrected chi connectivity index (χ1v) is 7.81. The zero-order valence-electron chi connectivity index (χ0n) is 13.2. The molecule has 1 amide bonds. The van der Waals surface area contributed by atoms with E-state index >= 15 is 0 Å². The van der Waals surface area contributed by atoms with Gasteiger partial charge in [-0.1, -0.05) is 50.1 Å². The van der Waals surface area contributed by atoms with Gasteiger partial charge in [0.2, 0.25) is 5.91 Å². The van der Waals surface area contributed by atoms with E-state index in [4.69, 9.17) is 4.74 Å². The van der Waals surface area contributed by atoms with Crippen LogP contribution in [-0.2, 0) is 9.53 Å². The van der Waals surface area contributed by atoms with Gasteiger partial charge in [-0.15, -0.1) is 0 Å². The minimum absolute atomic E-state index is 0.0503. The molecule has 1 fully saturated rings. The predicted octanol–water partition coefficient (Wildman–Crippen LogP) is 2.71. The number of benzene rings is 1. The Morgan fingerprint density at radius 2 is 2.05 bits per heavy atom. The highest BCUT2D eigenvalue weighted by atomic mass is 16.5. The number of amides is 1. The van der Waals surface area contributed by atoms with Crippen molar-refractivity contribution in [2.24, 2.45) is 0 Å². The van der Waals surface area contributed by atoms with Crippen LogP contribution in [0.2, 0.25) is 0 Å². The smallest absolute Gasteiger partial charge is 0.241 e. The quantitative estimate of drug-likeness (QED) is 0.839. The summed E-state index contributed by atoms with van der Waals surface area (Å²) in [5, 5.41) is 3.50. The van der Waals surface area contributed by atoms with E-state index in [1.807, 2.05) is 30.0 Å². The van der Waals surface area contributed by atoms with E-state index in [2.05, 4.69) is 24.4 Å². The van der Waals surface area contributed by atoms with Gasteiger partial charge in [0.15, 0.2) is 0 Å². The standard InChI is InChI=1S/C17H26N2O2/c1-4-5-11-15-17(20)19(13(2)12-21-3)16(18-15)14-9-7-6-8-10-14/h6-10,13,15-16,18H,4-5,11-12H2,1-3H3. The third-order valence-electron chi connectivity index (χ3n) is 4.03. The van der Waals surface area contributed by atoms with Crippen LogP contribution in [-0.4, -0.2) is 36.6 Å². The molecule has 3 unspecified atom stereocenters. The van der Waals surface area contributed by atoms with Gasteiger partial charge in [-0.05, 0) is 18.9 Å². The Kier molecular flexibility index (Phi) is 5.76.